The van der Waals surface area contributed by atoms with Gasteiger partial charge in [-0.3, -0.25) is 4.79 Å². The minimum absolute atomic E-state index is 0.317. The zero-order chi connectivity index (χ0) is 7.23. The Kier molecular flexibility index (Phi) is 2.42. The maximum atomic E-state index is 9.65. The van der Waals surface area contributed by atoms with Crippen molar-refractivity contribution in [3.63, 3.8) is 0 Å². The van der Waals surface area contributed by atoms with Crippen molar-refractivity contribution in [3.8, 4) is 0 Å². The molecule has 1 aromatic heterocycles. The molecule has 0 unspecified atom stereocenters. The van der Waals surface area contributed by atoms with E-state index in [1.165, 1.54) is 6.20 Å². The standard InChI is InChI=1S/C5H6N2O3/c8-4-9-2-1-5-3-6-10-7-5/h3-4H,1-2H2. The summed E-state index contributed by atoms with van der Waals surface area (Å²) in [6, 6.07) is 0. The van der Waals surface area contributed by atoms with Gasteiger partial charge in [-0.05, 0) is 0 Å². The van der Waals surface area contributed by atoms with Crippen LogP contribution in [0, 0.1) is 0 Å². The van der Waals surface area contributed by atoms with Crippen LogP contribution < -0.4 is 0 Å². The van der Waals surface area contributed by atoms with Crippen LogP contribution in [0.25, 0.3) is 0 Å². The van der Waals surface area contributed by atoms with Crippen LogP contribution in [0.4, 0.5) is 0 Å². The zero-order valence-corrected chi connectivity index (χ0v) is 5.19. The Bertz CT molecular complexity index is 185. The van der Waals surface area contributed by atoms with Crippen molar-refractivity contribution in [3.05, 3.63) is 11.9 Å². The highest BCUT2D eigenvalue weighted by Crippen LogP contribution is 1.91. The highest BCUT2D eigenvalue weighted by atomic mass is 16.6. The number of carbonyl (C=O) groups is 1. The lowest BCUT2D eigenvalue weighted by Crippen LogP contribution is -1.96. The molecule has 5 heteroatoms. The monoisotopic (exact) mass is 142 g/mol. The number of aromatic nitrogens is 2. The zero-order valence-electron chi connectivity index (χ0n) is 5.19. The third-order valence-corrected chi connectivity index (χ3v) is 0.951. The van der Waals surface area contributed by atoms with Gasteiger partial charge in [0.05, 0.1) is 12.8 Å². The average Bonchev–Trinajstić information content (AvgIpc) is 2.41. The van der Waals surface area contributed by atoms with Gasteiger partial charge >= 0.3 is 0 Å². The predicted octanol–water partition coefficient (Wildman–Crippen LogP) is -0.215. The number of carbonyl (C=O) groups excluding carboxylic acids is 1. The molecule has 0 aliphatic carbocycles. The Labute approximate surface area is 56.9 Å². The summed E-state index contributed by atoms with van der Waals surface area (Å²) in [6.07, 6.45) is 2.02. The van der Waals surface area contributed by atoms with Crippen molar-refractivity contribution in [1.29, 1.82) is 0 Å². The summed E-state index contributed by atoms with van der Waals surface area (Å²) >= 11 is 0. The summed E-state index contributed by atoms with van der Waals surface area (Å²) in [5.74, 6) is 0. The van der Waals surface area contributed by atoms with Crippen LogP contribution in [0.3, 0.4) is 0 Å². The fourth-order valence-electron chi connectivity index (χ4n) is 0.506. The van der Waals surface area contributed by atoms with E-state index in [1.54, 1.807) is 0 Å². The van der Waals surface area contributed by atoms with Crippen LogP contribution in [0.5, 0.6) is 0 Å². The smallest absolute Gasteiger partial charge is 0.293 e. The number of ether oxygens (including phenoxy) is 1. The largest absolute Gasteiger partial charge is 0.467 e. The van der Waals surface area contributed by atoms with Crippen molar-refractivity contribution in [1.82, 2.24) is 10.3 Å². The predicted molar refractivity (Wildman–Crippen MR) is 30.0 cm³/mol. The number of rotatable bonds is 4. The van der Waals surface area contributed by atoms with Crippen LogP contribution >= 0.6 is 0 Å². The summed E-state index contributed by atoms with van der Waals surface area (Å²) in [7, 11) is 0. The second-order valence-corrected chi connectivity index (χ2v) is 1.62. The van der Waals surface area contributed by atoms with E-state index < -0.39 is 0 Å². The van der Waals surface area contributed by atoms with Gasteiger partial charge in [0.15, 0.2) is 0 Å². The lowest BCUT2D eigenvalue weighted by atomic mass is 10.4. The van der Waals surface area contributed by atoms with Gasteiger partial charge in [-0.25, -0.2) is 4.63 Å². The molecule has 0 atom stereocenters. The highest BCUT2D eigenvalue weighted by Gasteiger charge is 1.95. The average molecular weight is 142 g/mol. The Morgan fingerprint density at radius 3 is 3.30 bits per heavy atom. The minimum atomic E-state index is 0.317. The Hall–Kier alpha value is -1.39. The third-order valence-electron chi connectivity index (χ3n) is 0.951. The van der Waals surface area contributed by atoms with Gasteiger partial charge in [-0.2, -0.15) is 0 Å². The first-order chi connectivity index (χ1) is 4.93. The third kappa shape index (κ3) is 1.85. The van der Waals surface area contributed by atoms with Gasteiger partial charge in [0.2, 0.25) is 0 Å². The lowest BCUT2D eigenvalue weighted by Gasteiger charge is -1.90. The second kappa shape index (κ2) is 3.60. The van der Waals surface area contributed by atoms with Gasteiger partial charge in [-0.1, -0.05) is 10.3 Å². The summed E-state index contributed by atoms with van der Waals surface area (Å²) in [5, 5.41) is 6.88. The fourth-order valence-corrected chi connectivity index (χ4v) is 0.506. The van der Waals surface area contributed by atoms with Crippen molar-refractivity contribution in [2.75, 3.05) is 6.61 Å². The van der Waals surface area contributed by atoms with Gasteiger partial charge in [0.25, 0.3) is 6.47 Å². The molecule has 1 heterocycles. The maximum Gasteiger partial charge on any atom is 0.293 e. The number of nitrogens with zero attached hydrogens (tertiary/aromatic N) is 2. The van der Waals surface area contributed by atoms with Crippen molar-refractivity contribution in [2.45, 2.75) is 6.42 Å². The summed E-state index contributed by atoms with van der Waals surface area (Å²) in [5.41, 5.74) is 0.682. The van der Waals surface area contributed by atoms with E-state index in [4.69, 9.17) is 0 Å². The first kappa shape index (κ1) is 6.73. The molecule has 0 fully saturated rings. The molecule has 0 radical (unpaired) electrons. The topological polar surface area (TPSA) is 65.2 Å². The van der Waals surface area contributed by atoms with E-state index >= 15 is 0 Å². The van der Waals surface area contributed by atoms with E-state index in [1.807, 2.05) is 0 Å². The number of hydrogen-bond acceptors (Lipinski definition) is 5. The van der Waals surface area contributed by atoms with Crippen LogP contribution in [0.15, 0.2) is 10.8 Å². The van der Waals surface area contributed by atoms with Crippen molar-refractivity contribution in [2.24, 2.45) is 0 Å². The normalized spacial score (nSPS) is 9.20. The van der Waals surface area contributed by atoms with Crippen molar-refractivity contribution >= 4 is 6.47 Å². The molecular weight excluding hydrogens is 136 g/mol. The van der Waals surface area contributed by atoms with Crippen LogP contribution in [-0.4, -0.2) is 23.4 Å². The molecule has 0 spiro atoms. The van der Waals surface area contributed by atoms with E-state index in [9.17, 15) is 4.79 Å². The molecule has 1 aromatic rings. The van der Waals surface area contributed by atoms with E-state index in [2.05, 4.69) is 19.7 Å². The maximum absolute atomic E-state index is 9.65. The minimum Gasteiger partial charge on any atom is -0.467 e. The summed E-state index contributed by atoms with van der Waals surface area (Å²) in [6.45, 7) is 0.714. The Morgan fingerprint density at radius 1 is 1.80 bits per heavy atom. The Balaban J connectivity index is 2.21. The van der Waals surface area contributed by atoms with E-state index in [0.29, 0.717) is 25.2 Å². The second-order valence-electron chi connectivity index (χ2n) is 1.62. The molecule has 0 aliphatic rings. The summed E-state index contributed by atoms with van der Waals surface area (Å²) in [4.78, 5) is 9.65. The van der Waals surface area contributed by atoms with Gasteiger partial charge in [-0.15, -0.1) is 0 Å². The molecule has 0 bridgehead atoms. The highest BCUT2D eigenvalue weighted by molar-refractivity contribution is 5.36. The molecular formula is C5H6N2O3. The first-order valence-corrected chi connectivity index (χ1v) is 2.75. The molecule has 0 aliphatic heterocycles. The quantitative estimate of drug-likeness (QED) is 0.429. The van der Waals surface area contributed by atoms with Gasteiger partial charge < -0.3 is 4.74 Å². The van der Waals surface area contributed by atoms with E-state index in [-0.39, 0.29) is 0 Å². The molecule has 1 rings (SSSR count). The van der Waals surface area contributed by atoms with Crippen molar-refractivity contribution < 1.29 is 14.2 Å². The lowest BCUT2D eigenvalue weighted by molar-refractivity contribution is -0.128. The SMILES string of the molecule is O=COCCc1cnon1. The summed E-state index contributed by atoms with van der Waals surface area (Å²) < 4.78 is 8.72. The molecule has 0 amide bonds. The first-order valence-electron chi connectivity index (χ1n) is 2.75. The van der Waals surface area contributed by atoms with Crippen LogP contribution in [0.1, 0.15) is 5.69 Å². The van der Waals surface area contributed by atoms with E-state index in [0.717, 1.165) is 0 Å². The van der Waals surface area contributed by atoms with Crippen LogP contribution in [-0.2, 0) is 16.0 Å². The molecule has 0 saturated carbocycles. The molecule has 0 saturated heterocycles. The van der Waals surface area contributed by atoms with Crippen LogP contribution in [0.2, 0.25) is 0 Å². The molecule has 10 heavy (non-hydrogen) atoms. The van der Waals surface area contributed by atoms with Gasteiger partial charge in [0.1, 0.15) is 5.69 Å². The van der Waals surface area contributed by atoms with Gasteiger partial charge in [0, 0.05) is 6.42 Å². The molecule has 0 aromatic carbocycles. The number of hydrogen-bond donors (Lipinski definition) is 0. The molecule has 5 nitrogen and oxygen atoms in total. The fraction of sp³-hybridized carbons (Fsp3) is 0.400. The molecule has 54 valence electrons. The Morgan fingerprint density at radius 2 is 2.70 bits per heavy atom. The molecule has 0 N–H and O–H groups in total.